The second-order valence-corrected chi connectivity index (χ2v) is 6.39. The van der Waals surface area contributed by atoms with Crippen LogP contribution >= 0.6 is 11.3 Å². The predicted molar refractivity (Wildman–Crippen MR) is 82.1 cm³/mol. The molecule has 0 aromatic carbocycles. The van der Waals surface area contributed by atoms with Crippen LogP contribution in [0.5, 0.6) is 0 Å². The Hall–Kier alpha value is -2.19. The van der Waals surface area contributed by atoms with Crippen LogP contribution in [0, 0.1) is 0 Å². The maximum absolute atomic E-state index is 12.2. The number of rotatable bonds is 6. The molecule has 1 amide bonds. The van der Waals surface area contributed by atoms with Crippen LogP contribution in [0.2, 0.25) is 0 Å². The molecule has 1 aliphatic rings. The number of nitrogens with zero attached hydrogens (tertiary/aromatic N) is 1. The van der Waals surface area contributed by atoms with E-state index in [4.69, 9.17) is 14.3 Å². The first-order chi connectivity index (χ1) is 11.1. The van der Waals surface area contributed by atoms with Crippen LogP contribution in [0.1, 0.15) is 18.5 Å². The van der Waals surface area contributed by atoms with E-state index >= 15 is 0 Å². The Balaban J connectivity index is 1.63. The van der Waals surface area contributed by atoms with Crippen molar-refractivity contribution in [2.45, 2.75) is 24.8 Å². The fraction of sp³-hybridized carbons (Fsp3) is 0.400. The number of hydrogen-bond acceptors (Lipinski definition) is 6. The summed E-state index contributed by atoms with van der Waals surface area (Å²) < 4.78 is 10.3. The van der Waals surface area contributed by atoms with Crippen molar-refractivity contribution in [1.29, 1.82) is 0 Å². The third-order valence-electron chi connectivity index (χ3n) is 3.66. The summed E-state index contributed by atoms with van der Waals surface area (Å²) in [6.45, 7) is 0.678. The molecule has 7 nitrogen and oxygen atoms in total. The van der Waals surface area contributed by atoms with Crippen molar-refractivity contribution in [3.8, 4) is 10.6 Å². The molecule has 0 saturated carbocycles. The van der Waals surface area contributed by atoms with E-state index in [0.717, 1.165) is 10.6 Å². The molecule has 1 atom stereocenters. The molecule has 8 heteroatoms. The number of aliphatic carboxylic acids is 1. The molecule has 1 aliphatic heterocycles. The van der Waals surface area contributed by atoms with E-state index in [0.29, 0.717) is 18.7 Å². The second-order valence-electron chi connectivity index (χ2n) is 5.53. The Morgan fingerprint density at radius 1 is 1.48 bits per heavy atom. The van der Waals surface area contributed by atoms with Crippen LogP contribution in [0.4, 0.5) is 0 Å². The van der Waals surface area contributed by atoms with Crippen molar-refractivity contribution in [1.82, 2.24) is 10.3 Å². The zero-order valence-electron chi connectivity index (χ0n) is 12.3. The molecule has 0 spiro atoms. The first-order valence-electron chi connectivity index (χ1n) is 7.14. The normalized spacial score (nSPS) is 20.5. The molecule has 3 rings (SSSR count). The number of aromatic nitrogens is 1. The van der Waals surface area contributed by atoms with Gasteiger partial charge in [0.1, 0.15) is 11.3 Å². The quantitative estimate of drug-likeness (QED) is 0.832. The Labute approximate surface area is 136 Å². The first-order valence-corrected chi connectivity index (χ1v) is 8.02. The minimum absolute atomic E-state index is 0.107. The molecule has 2 N–H and O–H groups in total. The molecule has 0 radical (unpaired) electrons. The van der Waals surface area contributed by atoms with Gasteiger partial charge in [-0.25, -0.2) is 4.98 Å². The number of carbonyl (C=O) groups is 2. The zero-order chi connectivity index (χ0) is 16.3. The molecule has 1 unspecified atom stereocenters. The summed E-state index contributed by atoms with van der Waals surface area (Å²) in [6.07, 6.45) is 3.63. The largest absolute Gasteiger partial charge is 0.481 e. The second kappa shape index (κ2) is 6.51. The van der Waals surface area contributed by atoms with Gasteiger partial charge in [0.25, 0.3) is 0 Å². The average Bonchev–Trinajstić information content (AvgIpc) is 3.18. The number of carboxylic acids is 1. The minimum Gasteiger partial charge on any atom is -0.481 e. The Kier molecular flexibility index (Phi) is 4.44. The average molecular weight is 336 g/mol. The molecule has 122 valence electrons. The topological polar surface area (TPSA) is 102 Å². The summed E-state index contributed by atoms with van der Waals surface area (Å²) in [4.78, 5) is 27.6. The summed E-state index contributed by atoms with van der Waals surface area (Å²) in [5.74, 6) is -1.20. The zero-order valence-corrected chi connectivity index (χ0v) is 13.1. The standard InChI is InChI=1S/C15H16N2O5S/c18-12(17-15(6-13(19)20)2-4-22-9-15)5-11-8-23-14(16-11)10-1-3-21-7-10/h1,3,7-8H,2,4-6,9H2,(H,17,18)(H,19,20). The van der Waals surface area contributed by atoms with Gasteiger partial charge < -0.3 is 19.6 Å². The van der Waals surface area contributed by atoms with Crippen molar-refractivity contribution >= 4 is 23.2 Å². The van der Waals surface area contributed by atoms with Gasteiger partial charge in [0, 0.05) is 17.6 Å². The number of furan rings is 1. The van der Waals surface area contributed by atoms with Gasteiger partial charge in [0.2, 0.25) is 5.91 Å². The summed E-state index contributed by atoms with van der Waals surface area (Å²) in [5, 5.41) is 14.4. The summed E-state index contributed by atoms with van der Waals surface area (Å²) in [6, 6.07) is 1.81. The number of thiazole rings is 1. The Morgan fingerprint density at radius 2 is 2.35 bits per heavy atom. The van der Waals surface area contributed by atoms with E-state index in [1.54, 1.807) is 18.6 Å². The first kappa shape index (κ1) is 15.7. The highest BCUT2D eigenvalue weighted by Crippen LogP contribution is 2.25. The molecule has 1 saturated heterocycles. The van der Waals surface area contributed by atoms with Crippen LogP contribution < -0.4 is 5.32 Å². The SMILES string of the molecule is O=C(O)CC1(NC(=O)Cc2csc(-c3ccoc3)n2)CCOC1. The van der Waals surface area contributed by atoms with Crippen molar-refractivity contribution in [3.63, 3.8) is 0 Å². The van der Waals surface area contributed by atoms with Crippen LogP contribution in [-0.2, 0) is 20.7 Å². The van der Waals surface area contributed by atoms with Crippen molar-refractivity contribution in [2.24, 2.45) is 0 Å². The summed E-state index contributed by atoms with van der Waals surface area (Å²) in [5.41, 5.74) is 0.702. The molecule has 2 aromatic heterocycles. The maximum Gasteiger partial charge on any atom is 0.305 e. The highest BCUT2D eigenvalue weighted by molar-refractivity contribution is 7.13. The third-order valence-corrected chi connectivity index (χ3v) is 4.60. The molecule has 2 aromatic rings. The van der Waals surface area contributed by atoms with Gasteiger partial charge in [-0.3, -0.25) is 9.59 Å². The predicted octanol–water partition coefficient (Wildman–Crippen LogP) is 1.70. The van der Waals surface area contributed by atoms with Crippen LogP contribution in [0.15, 0.2) is 28.4 Å². The van der Waals surface area contributed by atoms with Gasteiger partial charge in [-0.05, 0) is 12.5 Å². The number of amides is 1. The van der Waals surface area contributed by atoms with Gasteiger partial charge in [-0.2, -0.15) is 0 Å². The summed E-state index contributed by atoms with van der Waals surface area (Å²) >= 11 is 1.43. The summed E-state index contributed by atoms with van der Waals surface area (Å²) in [7, 11) is 0. The van der Waals surface area contributed by atoms with Crippen molar-refractivity contribution in [2.75, 3.05) is 13.2 Å². The van der Waals surface area contributed by atoms with Gasteiger partial charge >= 0.3 is 5.97 Å². The lowest BCUT2D eigenvalue weighted by Crippen LogP contribution is -2.51. The van der Waals surface area contributed by atoms with Gasteiger partial charge in [-0.1, -0.05) is 0 Å². The van der Waals surface area contributed by atoms with E-state index in [1.807, 2.05) is 5.38 Å². The highest BCUT2D eigenvalue weighted by Gasteiger charge is 2.38. The van der Waals surface area contributed by atoms with Gasteiger partial charge in [0.15, 0.2) is 0 Å². The molecule has 23 heavy (non-hydrogen) atoms. The Morgan fingerprint density at radius 3 is 3.00 bits per heavy atom. The van der Waals surface area contributed by atoms with Gasteiger partial charge in [-0.15, -0.1) is 11.3 Å². The number of carbonyl (C=O) groups excluding carboxylic acids is 1. The molecule has 3 heterocycles. The fourth-order valence-corrected chi connectivity index (χ4v) is 3.40. The minimum atomic E-state index is -0.952. The fourth-order valence-electron chi connectivity index (χ4n) is 2.59. The smallest absolute Gasteiger partial charge is 0.305 e. The van der Waals surface area contributed by atoms with Crippen LogP contribution in [0.3, 0.4) is 0 Å². The Bertz CT molecular complexity index is 689. The van der Waals surface area contributed by atoms with Crippen LogP contribution in [0.25, 0.3) is 10.6 Å². The number of nitrogens with one attached hydrogen (secondary N) is 1. The van der Waals surface area contributed by atoms with E-state index in [2.05, 4.69) is 10.3 Å². The van der Waals surface area contributed by atoms with Crippen molar-refractivity contribution < 1.29 is 23.8 Å². The molecular weight excluding hydrogens is 320 g/mol. The van der Waals surface area contributed by atoms with E-state index < -0.39 is 11.5 Å². The third kappa shape index (κ3) is 3.77. The number of ether oxygens (including phenoxy) is 1. The molecule has 0 aliphatic carbocycles. The van der Waals surface area contributed by atoms with Crippen molar-refractivity contribution in [3.05, 3.63) is 29.7 Å². The van der Waals surface area contributed by atoms with Crippen LogP contribution in [-0.4, -0.2) is 40.7 Å². The number of hydrogen-bond donors (Lipinski definition) is 2. The lowest BCUT2D eigenvalue weighted by molar-refractivity contribution is -0.139. The van der Waals surface area contributed by atoms with E-state index in [9.17, 15) is 9.59 Å². The van der Waals surface area contributed by atoms with E-state index in [-0.39, 0.29) is 25.4 Å². The van der Waals surface area contributed by atoms with Gasteiger partial charge in [0.05, 0.1) is 36.9 Å². The maximum atomic E-state index is 12.2. The highest BCUT2D eigenvalue weighted by atomic mass is 32.1. The monoisotopic (exact) mass is 336 g/mol. The molecule has 1 fully saturated rings. The lowest BCUT2D eigenvalue weighted by Gasteiger charge is -2.26. The molecule has 0 bridgehead atoms. The van der Waals surface area contributed by atoms with E-state index in [1.165, 1.54) is 11.3 Å². The molecular formula is C15H16N2O5S. The number of carboxylic acid groups (broad SMARTS) is 1. The lowest BCUT2D eigenvalue weighted by atomic mass is 9.94.